The van der Waals surface area contributed by atoms with Crippen molar-refractivity contribution in [3.05, 3.63) is 0 Å². The third-order valence-corrected chi connectivity index (χ3v) is 3.33. The van der Waals surface area contributed by atoms with Gasteiger partial charge in [-0.05, 0) is 26.2 Å². The second-order valence-electron chi connectivity index (χ2n) is 4.35. The Morgan fingerprint density at radius 1 is 1.25 bits per heavy atom. The molecular formula is C12H23NO3. The Morgan fingerprint density at radius 2 is 1.75 bits per heavy atom. The highest BCUT2D eigenvalue weighted by Crippen LogP contribution is 2.30. The highest BCUT2D eigenvalue weighted by molar-refractivity contribution is 5.85. The van der Waals surface area contributed by atoms with Crippen LogP contribution >= 0.6 is 0 Å². The molecule has 0 radical (unpaired) electrons. The molecule has 0 aromatic rings. The normalized spacial score (nSPS) is 13.2. The van der Waals surface area contributed by atoms with E-state index in [0.29, 0.717) is 12.8 Å². The maximum Gasteiger partial charge on any atom is 0.310 e. The van der Waals surface area contributed by atoms with Crippen LogP contribution in [-0.2, 0) is 9.59 Å². The lowest BCUT2D eigenvalue weighted by Crippen LogP contribution is -2.39. The van der Waals surface area contributed by atoms with Gasteiger partial charge in [0.2, 0.25) is 5.91 Å². The summed E-state index contributed by atoms with van der Waals surface area (Å²) in [4.78, 5) is 22.9. The number of nitrogens with one attached hydrogen (secondary N) is 1. The second-order valence-corrected chi connectivity index (χ2v) is 4.35. The molecule has 0 heterocycles. The summed E-state index contributed by atoms with van der Waals surface area (Å²) in [6, 6.07) is 0.104. The summed E-state index contributed by atoms with van der Waals surface area (Å²) >= 11 is 0. The van der Waals surface area contributed by atoms with Crippen molar-refractivity contribution >= 4 is 11.9 Å². The van der Waals surface area contributed by atoms with Crippen molar-refractivity contribution < 1.29 is 14.7 Å². The molecule has 16 heavy (non-hydrogen) atoms. The molecule has 94 valence electrons. The predicted octanol–water partition coefficient (Wildman–Crippen LogP) is 2.18. The zero-order valence-corrected chi connectivity index (χ0v) is 10.7. The van der Waals surface area contributed by atoms with Gasteiger partial charge in [-0.1, -0.05) is 20.8 Å². The van der Waals surface area contributed by atoms with E-state index in [1.54, 1.807) is 0 Å². The minimum Gasteiger partial charge on any atom is -0.481 e. The van der Waals surface area contributed by atoms with Gasteiger partial charge in [0, 0.05) is 12.5 Å². The Morgan fingerprint density at radius 3 is 2.06 bits per heavy atom. The van der Waals surface area contributed by atoms with E-state index in [-0.39, 0.29) is 18.4 Å². The molecular weight excluding hydrogens is 206 g/mol. The van der Waals surface area contributed by atoms with Crippen molar-refractivity contribution in [2.24, 2.45) is 5.41 Å². The zero-order valence-electron chi connectivity index (χ0n) is 10.7. The van der Waals surface area contributed by atoms with Crippen molar-refractivity contribution in [2.45, 2.75) is 59.4 Å². The van der Waals surface area contributed by atoms with E-state index in [1.807, 2.05) is 27.7 Å². The van der Waals surface area contributed by atoms with Gasteiger partial charge in [-0.2, -0.15) is 0 Å². The maximum atomic E-state index is 11.7. The van der Waals surface area contributed by atoms with Crippen LogP contribution in [0.5, 0.6) is 0 Å². The SMILES string of the molecule is CCC(C)NC(=O)CC(CC)(CC)C(=O)O. The molecule has 0 fully saturated rings. The third kappa shape index (κ3) is 3.83. The van der Waals surface area contributed by atoms with Gasteiger partial charge >= 0.3 is 5.97 Å². The van der Waals surface area contributed by atoms with Crippen LogP contribution in [0.15, 0.2) is 0 Å². The maximum absolute atomic E-state index is 11.7. The summed E-state index contributed by atoms with van der Waals surface area (Å²) in [6.07, 6.45) is 1.88. The fraction of sp³-hybridized carbons (Fsp3) is 0.833. The van der Waals surface area contributed by atoms with Gasteiger partial charge in [-0.15, -0.1) is 0 Å². The largest absolute Gasteiger partial charge is 0.481 e. The van der Waals surface area contributed by atoms with Crippen LogP contribution < -0.4 is 5.32 Å². The number of amides is 1. The van der Waals surface area contributed by atoms with Crippen LogP contribution in [0.2, 0.25) is 0 Å². The van der Waals surface area contributed by atoms with E-state index >= 15 is 0 Å². The molecule has 0 saturated carbocycles. The van der Waals surface area contributed by atoms with E-state index in [2.05, 4.69) is 5.32 Å². The summed E-state index contributed by atoms with van der Waals surface area (Å²) in [7, 11) is 0. The number of hydrogen-bond donors (Lipinski definition) is 2. The minimum atomic E-state index is -0.905. The fourth-order valence-electron chi connectivity index (χ4n) is 1.61. The third-order valence-electron chi connectivity index (χ3n) is 3.33. The lowest BCUT2D eigenvalue weighted by Gasteiger charge is -2.26. The molecule has 0 spiro atoms. The van der Waals surface area contributed by atoms with Gasteiger partial charge in [0.1, 0.15) is 0 Å². The number of carboxylic acids is 1. The lowest BCUT2D eigenvalue weighted by atomic mass is 9.79. The van der Waals surface area contributed by atoms with Crippen molar-refractivity contribution in [1.29, 1.82) is 0 Å². The summed E-state index contributed by atoms with van der Waals surface area (Å²) in [5.74, 6) is -1.04. The van der Waals surface area contributed by atoms with Gasteiger partial charge in [0.15, 0.2) is 0 Å². The van der Waals surface area contributed by atoms with Gasteiger partial charge in [-0.3, -0.25) is 9.59 Å². The molecule has 4 heteroatoms. The first-order valence-corrected chi connectivity index (χ1v) is 5.94. The quantitative estimate of drug-likeness (QED) is 0.703. The van der Waals surface area contributed by atoms with Crippen LogP contribution in [0.3, 0.4) is 0 Å². The Kier molecular flexibility index (Phi) is 6.08. The molecule has 4 nitrogen and oxygen atoms in total. The summed E-state index contributed by atoms with van der Waals surface area (Å²) in [5, 5.41) is 12.0. The molecule has 0 aromatic heterocycles. The Hall–Kier alpha value is -1.06. The second kappa shape index (κ2) is 6.51. The number of rotatable bonds is 7. The summed E-state index contributed by atoms with van der Waals surface area (Å²) < 4.78 is 0. The fourth-order valence-corrected chi connectivity index (χ4v) is 1.61. The predicted molar refractivity (Wildman–Crippen MR) is 63.2 cm³/mol. The number of hydrogen-bond acceptors (Lipinski definition) is 2. The Balaban J connectivity index is 4.52. The van der Waals surface area contributed by atoms with Gasteiger partial charge < -0.3 is 10.4 Å². The van der Waals surface area contributed by atoms with Gasteiger partial charge in [0.25, 0.3) is 0 Å². The molecule has 0 saturated heterocycles. The number of aliphatic carboxylic acids is 1. The average molecular weight is 229 g/mol. The van der Waals surface area contributed by atoms with Crippen molar-refractivity contribution in [1.82, 2.24) is 5.32 Å². The average Bonchev–Trinajstić information content (AvgIpc) is 2.25. The number of carbonyl (C=O) groups is 2. The molecule has 0 aromatic carbocycles. The molecule has 1 atom stereocenters. The highest BCUT2D eigenvalue weighted by atomic mass is 16.4. The number of carbonyl (C=O) groups excluding carboxylic acids is 1. The molecule has 1 amide bonds. The van der Waals surface area contributed by atoms with Crippen LogP contribution in [0.4, 0.5) is 0 Å². The smallest absolute Gasteiger partial charge is 0.310 e. The van der Waals surface area contributed by atoms with Gasteiger partial charge in [-0.25, -0.2) is 0 Å². The number of carboxylic acid groups (broad SMARTS) is 1. The van der Waals surface area contributed by atoms with E-state index < -0.39 is 11.4 Å². The highest BCUT2D eigenvalue weighted by Gasteiger charge is 2.37. The molecule has 2 N–H and O–H groups in total. The molecule has 0 rings (SSSR count). The molecule has 1 unspecified atom stereocenters. The molecule has 0 aliphatic rings. The van der Waals surface area contributed by atoms with Crippen LogP contribution in [-0.4, -0.2) is 23.0 Å². The standard InChI is InChI=1S/C12H23NO3/c1-5-9(4)13-10(14)8-12(6-2,7-3)11(15)16/h9H,5-8H2,1-4H3,(H,13,14)(H,15,16). The molecule has 0 aliphatic carbocycles. The van der Waals surface area contributed by atoms with E-state index in [4.69, 9.17) is 0 Å². The van der Waals surface area contributed by atoms with E-state index in [0.717, 1.165) is 6.42 Å². The van der Waals surface area contributed by atoms with E-state index in [9.17, 15) is 14.7 Å². The Labute approximate surface area is 97.4 Å². The zero-order chi connectivity index (χ0) is 12.8. The molecule has 0 bridgehead atoms. The Bertz CT molecular complexity index is 247. The lowest BCUT2D eigenvalue weighted by molar-refractivity contribution is -0.152. The van der Waals surface area contributed by atoms with Crippen molar-refractivity contribution in [3.8, 4) is 0 Å². The first-order chi connectivity index (χ1) is 7.41. The minimum absolute atomic E-state index is 0.0691. The van der Waals surface area contributed by atoms with Crippen LogP contribution in [0.1, 0.15) is 53.4 Å². The summed E-state index contributed by atoms with van der Waals surface area (Å²) in [6.45, 7) is 7.52. The topological polar surface area (TPSA) is 66.4 Å². The monoisotopic (exact) mass is 229 g/mol. The molecule has 0 aliphatic heterocycles. The van der Waals surface area contributed by atoms with E-state index in [1.165, 1.54) is 0 Å². The van der Waals surface area contributed by atoms with Crippen molar-refractivity contribution in [3.63, 3.8) is 0 Å². The van der Waals surface area contributed by atoms with Crippen LogP contribution in [0, 0.1) is 5.41 Å². The first-order valence-electron chi connectivity index (χ1n) is 5.94. The summed E-state index contributed by atoms with van der Waals surface area (Å²) in [5.41, 5.74) is -0.905. The first kappa shape index (κ1) is 14.9. The van der Waals surface area contributed by atoms with Crippen molar-refractivity contribution in [2.75, 3.05) is 0 Å². The van der Waals surface area contributed by atoms with Crippen LogP contribution in [0.25, 0.3) is 0 Å². The van der Waals surface area contributed by atoms with Gasteiger partial charge in [0.05, 0.1) is 5.41 Å².